The summed E-state index contributed by atoms with van der Waals surface area (Å²) in [6, 6.07) is 7.26. The maximum absolute atomic E-state index is 12.9. The Bertz CT molecular complexity index is 566. The Morgan fingerprint density at radius 2 is 1.90 bits per heavy atom. The summed E-state index contributed by atoms with van der Waals surface area (Å²) < 4.78 is 27.5. The van der Waals surface area contributed by atoms with E-state index >= 15 is 0 Å². The summed E-state index contributed by atoms with van der Waals surface area (Å²) >= 11 is 3.66. The molecule has 0 amide bonds. The van der Waals surface area contributed by atoms with Gasteiger partial charge in [-0.15, -0.1) is 0 Å². The fourth-order valence-corrected chi connectivity index (χ4v) is 5.20. The zero-order chi connectivity index (χ0) is 15.6. The van der Waals surface area contributed by atoms with Crippen LogP contribution in [0.3, 0.4) is 0 Å². The normalized spacial score (nSPS) is 24.4. The number of aryl methyl sites for hydroxylation is 1. The molecule has 0 aliphatic carbocycles. The van der Waals surface area contributed by atoms with Gasteiger partial charge in [0.25, 0.3) is 0 Å². The summed E-state index contributed by atoms with van der Waals surface area (Å²) in [5.41, 5.74) is 1.08. The summed E-state index contributed by atoms with van der Waals surface area (Å²) in [7, 11) is -3.38. The Morgan fingerprint density at radius 1 is 1.29 bits per heavy atom. The highest BCUT2D eigenvalue weighted by atomic mass is 79.9. The molecule has 2 atom stereocenters. The standard InChI is InChI=1S/C16H24BrNO2S/c1-12(2)10-15-11-14(17)8-9-18(15)21(19,20)16-6-4-13(3)5-7-16/h4-7,12,14-15H,8-11H2,1-3H3/t14-,15+/m1/s1. The molecule has 1 aromatic carbocycles. The minimum atomic E-state index is -3.38. The predicted octanol–water partition coefficient (Wildman–Crippen LogP) is 3.96. The molecule has 21 heavy (non-hydrogen) atoms. The van der Waals surface area contributed by atoms with Crippen LogP contribution in [0.5, 0.6) is 0 Å². The molecule has 5 heteroatoms. The molecule has 2 rings (SSSR count). The maximum Gasteiger partial charge on any atom is 0.243 e. The summed E-state index contributed by atoms with van der Waals surface area (Å²) in [4.78, 5) is 0.834. The van der Waals surface area contributed by atoms with Gasteiger partial charge in [-0.05, 0) is 44.2 Å². The number of nitrogens with zero attached hydrogens (tertiary/aromatic N) is 1. The first-order valence-corrected chi connectivity index (χ1v) is 9.89. The van der Waals surface area contributed by atoms with Crippen LogP contribution in [0.1, 0.15) is 38.7 Å². The van der Waals surface area contributed by atoms with Crippen LogP contribution in [0.25, 0.3) is 0 Å². The lowest BCUT2D eigenvalue weighted by Gasteiger charge is -2.37. The molecular formula is C16H24BrNO2S. The second-order valence-electron chi connectivity index (χ2n) is 6.33. The van der Waals surface area contributed by atoms with E-state index in [4.69, 9.17) is 0 Å². The van der Waals surface area contributed by atoms with Gasteiger partial charge in [0.05, 0.1) is 4.90 Å². The molecule has 118 valence electrons. The molecule has 1 aliphatic rings. The first kappa shape index (κ1) is 17.0. The monoisotopic (exact) mass is 373 g/mol. The predicted molar refractivity (Wildman–Crippen MR) is 90.3 cm³/mol. The Morgan fingerprint density at radius 3 is 2.48 bits per heavy atom. The zero-order valence-corrected chi connectivity index (χ0v) is 15.3. The Hall–Kier alpha value is -0.390. The van der Waals surface area contributed by atoms with Crippen molar-refractivity contribution in [1.82, 2.24) is 4.31 Å². The first-order valence-electron chi connectivity index (χ1n) is 7.53. The van der Waals surface area contributed by atoms with Crippen LogP contribution in [0.2, 0.25) is 0 Å². The fourth-order valence-electron chi connectivity index (χ4n) is 2.90. The van der Waals surface area contributed by atoms with Crippen LogP contribution in [-0.2, 0) is 10.0 Å². The molecule has 0 N–H and O–H groups in total. The van der Waals surface area contributed by atoms with Crippen LogP contribution in [0.4, 0.5) is 0 Å². The second-order valence-corrected chi connectivity index (χ2v) is 9.52. The van der Waals surface area contributed by atoms with Crippen LogP contribution in [0.15, 0.2) is 29.2 Å². The largest absolute Gasteiger partial charge is 0.243 e. The molecule has 1 saturated heterocycles. The summed E-state index contributed by atoms with van der Waals surface area (Å²) in [5, 5.41) is 0. The number of piperidine rings is 1. The molecule has 1 aromatic rings. The van der Waals surface area contributed by atoms with E-state index in [9.17, 15) is 8.42 Å². The van der Waals surface area contributed by atoms with Crippen molar-refractivity contribution in [3.05, 3.63) is 29.8 Å². The molecule has 0 unspecified atom stereocenters. The van der Waals surface area contributed by atoms with Crippen molar-refractivity contribution in [3.8, 4) is 0 Å². The van der Waals surface area contributed by atoms with Crippen LogP contribution < -0.4 is 0 Å². The average Bonchev–Trinajstić information content (AvgIpc) is 2.38. The van der Waals surface area contributed by atoms with Gasteiger partial charge in [-0.1, -0.05) is 47.5 Å². The van der Waals surface area contributed by atoms with E-state index < -0.39 is 10.0 Å². The summed E-state index contributed by atoms with van der Waals surface area (Å²) in [5.74, 6) is 0.489. The third-order valence-corrected chi connectivity index (χ3v) is 6.77. The van der Waals surface area contributed by atoms with Gasteiger partial charge >= 0.3 is 0 Å². The van der Waals surface area contributed by atoms with E-state index in [0.717, 1.165) is 24.8 Å². The van der Waals surface area contributed by atoms with E-state index in [1.54, 1.807) is 16.4 Å². The number of halogens is 1. The van der Waals surface area contributed by atoms with Gasteiger partial charge in [-0.3, -0.25) is 0 Å². The van der Waals surface area contributed by atoms with Crippen molar-refractivity contribution in [2.24, 2.45) is 5.92 Å². The molecule has 1 heterocycles. The molecular weight excluding hydrogens is 350 g/mol. The average molecular weight is 374 g/mol. The molecule has 0 aromatic heterocycles. The Kier molecular flexibility index (Phi) is 5.49. The molecule has 0 radical (unpaired) electrons. The van der Waals surface area contributed by atoms with Gasteiger partial charge in [0.1, 0.15) is 0 Å². The highest BCUT2D eigenvalue weighted by Gasteiger charge is 2.36. The number of sulfonamides is 1. The van der Waals surface area contributed by atoms with Crippen molar-refractivity contribution in [2.45, 2.75) is 55.8 Å². The molecule has 0 saturated carbocycles. The van der Waals surface area contributed by atoms with E-state index in [-0.39, 0.29) is 6.04 Å². The lowest BCUT2D eigenvalue weighted by molar-refractivity contribution is 0.229. The first-order chi connectivity index (χ1) is 9.80. The summed E-state index contributed by atoms with van der Waals surface area (Å²) in [6.07, 6.45) is 2.68. The lowest BCUT2D eigenvalue weighted by atomic mass is 9.96. The molecule has 1 fully saturated rings. The highest BCUT2D eigenvalue weighted by Crippen LogP contribution is 2.31. The van der Waals surface area contributed by atoms with E-state index in [1.807, 2.05) is 19.1 Å². The van der Waals surface area contributed by atoms with Crippen molar-refractivity contribution >= 4 is 26.0 Å². The van der Waals surface area contributed by atoms with Crippen molar-refractivity contribution < 1.29 is 8.42 Å². The minimum Gasteiger partial charge on any atom is -0.207 e. The number of rotatable bonds is 4. The summed E-state index contributed by atoms with van der Waals surface area (Å²) in [6.45, 7) is 6.86. The second kappa shape index (κ2) is 6.80. The smallest absolute Gasteiger partial charge is 0.207 e. The maximum atomic E-state index is 12.9. The molecule has 0 bridgehead atoms. The number of hydrogen-bond donors (Lipinski definition) is 0. The molecule has 3 nitrogen and oxygen atoms in total. The third-order valence-electron chi connectivity index (χ3n) is 3.97. The van der Waals surface area contributed by atoms with Crippen LogP contribution >= 0.6 is 15.9 Å². The van der Waals surface area contributed by atoms with Crippen molar-refractivity contribution in [3.63, 3.8) is 0 Å². The number of hydrogen-bond acceptors (Lipinski definition) is 2. The van der Waals surface area contributed by atoms with E-state index in [1.165, 1.54) is 0 Å². The number of benzene rings is 1. The molecule has 0 spiro atoms. The van der Waals surface area contributed by atoms with Crippen LogP contribution in [-0.4, -0.2) is 30.1 Å². The van der Waals surface area contributed by atoms with Gasteiger partial charge in [0.15, 0.2) is 0 Å². The van der Waals surface area contributed by atoms with Crippen LogP contribution in [0, 0.1) is 12.8 Å². The van der Waals surface area contributed by atoms with Gasteiger partial charge in [-0.2, -0.15) is 4.31 Å². The Balaban J connectivity index is 2.29. The SMILES string of the molecule is Cc1ccc(S(=O)(=O)N2CC[C@@H](Br)C[C@@H]2CC(C)C)cc1. The molecule has 1 aliphatic heterocycles. The zero-order valence-electron chi connectivity index (χ0n) is 12.9. The minimum absolute atomic E-state index is 0.0921. The number of alkyl halides is 1. The van der Waals surface area contributed by atoms with Gasteiger partial charge in [0, 0.05) is 17.4 Å². The van der Waals surface area contributed by atoms with E-state index in [2.05, 4.69) is 29.8 Å². The topological polar surface area (TPSA) is 37.4 Å². The van der Waals surface area contributed by atoms with Crippen molar-refractivity contribution in [1.29, 1.82) is 0 Å². The third kappa shape index (κ3) is 4.08. The van der Waals surface area contributed by atoms with E-state index in [0.29, 0.717) is 22.2 Å². The van der Waals surface area contributed by atoms with Gasteiger partial charge in [-0.25, -0.2) is 8.42 Å². The van der Waals surface area contributed by atoms with Crippen molar-refractivity contribution in [2.75, 3.05) is 6.54 Å². The quantitative estimate of drug-likeness (QED) is 0.749. The highest BCUT2D eigenvalue weighted by molar-refractivity contribution is 9.09. The van der Waals surface area contributed by atoms with Gasteiger partial charge in [0.2, 0.25) is 10.0 Å². The van der Waals surface area contributed by atoms with Gasteiger partial charge < -0.3 is 0 Å². The fraction of sp³-hybridized carbons (Fsp3) is 0.625. The lowest BCUT2D eigenvalue weighted by Crippen LogP contribution is -2.46. The Labute approximate surface area is 136 Å².